The van der Waals surface area contributed by atoms with Crippen LogP contribution in [-0.4, -0.2) is 24.1 Å². The Morgan fingerprint density at radius 3 is 2.80 bits per heavy atom. The number of hydrogen-bond donors (Lipinski definition) is 1. The van der Waals surface area contributed by atoms with Crippen molar-refractivity contribution in [2.45, 2.75) is 31.7 Å². The molecule has 0 saturated heterocycles. The summed E-state index contributed by atoms with van der Waals surface area (Å²) >= 11 is 0. The highest BCUT2D eigenvalue weighted by Crippen LogP contribution is 2.30. The van der Waals surface area contributed by atoms with E-state index in [9.17, 15) is 4.79 Å². The summed E-state index contributed by atoms with van der Waals surface area (Å²) in [5, 5.41) is 1.05. The molecule has 1 heterocycles. The minimum Gasteiger partial charge on any atom is -0.469 e. The molecule has 2 rings (SSSR count). The van der Waals surface area contributed by atoms with Crippen molar-refractivity contribution in [1.29, 1.82) is 0 Å². The molecular formula is C16H20N2O2. The molecule has 4 heteroatoms. The van der Waals surface area contributed by atoms with Crippen LogP contribution in [0, 0.1) is 0 Å². The van der Waals surface area contributed by atoms with Crippen molar-refractivity contribution in [2.75, 3.05) is 7.11 Å². The Balaban J connectivity index is 2.47. The molecule has 1 aromatic carbocycles. The SMILES string of the molecule is CCC(N)C(CC(=O)OC)c1ccnc2ccccc12. The molecule has 2 N–H and O–H groups in total. The summed E-state index contributed by atoms with van der Waals surface area (Å²) in [6.07, 6.45) is 2.86. The van der Waals surface area contributed by atoms with Gasteiger partial charge in [0.1, 0.15) is 0 Å². The van der Waals surface area contributed by atoms with E-state index in [1.807, 2.05) is 37.3 Å². The predicted octanol–water partition coefficient (Wildman–Crippen LogP) is 2.62. The first kappa shape index (κ1) is 14.5. The fourth-order valence-electron chi connectivity index (χ4n) is 2.48. The van der Waals surface area contributed by atoms with Gasteiger partial charge in [0.25, 0.3) is 0 Å². The number of rotatable bonds is 5. The van der Waals surface area contributed by atoms with E-state index in [4.69, 9.17) is 10.5 Å². The van der Waals surface area contributed by atoms with Gasteiger partial charge in [-0.05, 0) is 24.1 Å². The summed E-state index contributed by atoms with van der Waals surface area (Å²) in [6.45, 7) is 2.03. The Hall–Kier alpha value is -1.94. The number of nitrogens with zero attached hydrogens (tertiary/aromatic N) is 1. The molecule has 2 aromatic rings. The van der Waals surface area contributed by atoms with Crippen molar-refractivity contribution < 1.29 is 9.53 Å². The molecule has 1 aromatic heterocycles. The number of pyridine rings is 1. The van der Waals surface area contributed by atoms with E-state index in [0.717, 1.165) is 22.9 Å². The summed E-state index contributed by atoms with van der Waals surface area (Å²) in [5.74, 6) is -0.292. The van der Waals surface area contributed by atoms with Gasteiger partial charge >= 0.3 is 5.97 Å². The van der Waals surface area contributed by atoms with Crippen LogP contribution in [-0.2, 0) is 9.53 Å². The summed E-state index contributed by atoms with van der Waals surface area (Å²) in [5.41, 5.74) is 8.20. The van der Waals surface area contributed by atoms with Crippen LogP contribution in [0.4, 0.5) is 0 Å². The van der Waals surface area contributed by atoms with Gasteiger partial charge in [0.05, 0.1) is 19.0 Å². The number of esters is 1. The zero-order valence-electron chi connectivity index (χ0n) is 11.9. The number of hydrogen-bond acceptors (Lipinski definition) is 4. The quantitative estimate of drug-likeness (QED) is 0.850. The molecule has 0 bridgehead atoms. The molecule has 2 unspecified atom stereocenters. The number of methoxy groups -OCH3 is 1. The van der Waals surface area contributed by atoms with E-state index in [2.05, 4.69) is 4.98 Å². The molecule has 0 fully saturated rings. The Bertz CT molecular complexity index is 593. The van der Waals surface area contributed by atoms with Gasteiger partial charge < -0.3 is 10.5 Å². The van der Waals surface area contributed by atoms with Crippen LogP contribution in [0.5, 0.6) is 0 Å². The predicted molar refractivity (Wildman–Crippen MR) is 79.4 cm³/mol. The Morgan fingerprint density at radius 2 is 2.10 bits per heavy atom. The summed E-state index contributed by atoms with van der Waals surface area (Å²) in [7, 11) is 1.40. The number of fused-ring (bicyclic) bond motifs is 1. The van der Waals surface area contributed by atoms with Crippen LogP contribution in [0.1, 0.15) is 31.2 Å². The maximum atomic E-state index is 11.7. The molecular weight excluding hydrogens is 252 g/mol. The van der Waals surface area contributed by atoms with Gasteiger partial charge in [0.15, 0.2) is 0 Å². The Labute approximate surface area is 119 Å². The Morgan fingerprint density at radius 1 is 1.35 bits per heavy atom. The molecule has 4 nitrogen and oxygen atoms in total. The van der Waals surface area contributed by atoms with E-state index in [0.29, 0.717) is 6.42 Å². The van der Waals surface area contributed by atoms with Gasteiger partial charge in [-0.2, -0.15) is 0 Å². The minimum atomic E-state index is -0.236. The number of carbonyl (C=O) groups is 1. The number of aromatic nitrogens is 1. The van der Waals surface area contributed by atoms with Crippen molar-refractivity contribution in [1.82, 2.24) is 4.98 Å². The highest BCUT2D eigenvalue weighted by molar-refractivity contribution is 5.83. The lowest BCUT2D eigenvalue weighted by atomic mass is 9.86. The standard InChI is InChI=1S/C16H20N2O2/c1-3-14(17)13(10-16(19)20-2)11-8-9-18-15-7-5-4-6-12(11)15/h4-9,13-14H,3,10,17H2,1-2H3. The van der Waals surface area contributed by atoms with Gasteiger partial charge in [-0.15, -0.1) is 0 Å². The smallest absolute Gasteiger partial charge is 0.306 e. The van der Waals surface area contributed by atoms with Crippen LogP contribution < -0.4 is 5.73 Å². The third kappa shape index (κ3) is 2.96. The van der Waals surface area contributed by atoms with Crippen LogP contribution in [0.25, 0.3) is 10.9 Å². The number of benzene rings is 1. The molecule has 0 saturated carbocycles. The molecule has 0 spiro atoms. The van der Waals surface area contributed by atoms with Gasteiger partial charge in [-0.25, -0.2) is 0 Å². The highest BCUT2D eigenvalue weighted by Gasteiger charge is 2.24. The zero-order chi connectivity index (χ0) is 14.5. The average molecular weight is 272 g/mol. The molecule has 106 valence electrons. The largest absolute Gasteiger partial charge is 0.469 e. The maximum Gasteiger partial charge on any atom is 0.306 e. The first-order valence-electron chi connectivity index (χ1n) is 6.83. The van der Waals surface area contributed by atoms with E-state index >= 15 is 0 Å². The van der Waals surface area contributed by atoms with Gasteiger partial charge in [-0.3, -0.25) is 9.78 Å². The molecule has 0 radical (unpaired) electrons. The van der Waals surface area contributed by atoms with Crippen molar-refractivity contribution in [3.05, 3.63) is 42.1 Å². The summed E-state index contributed by atoms with van der Waals surface area (Å²) < 4.78 is 4.80. The fraction of sp³-hybridized carbons (Fsp3) is 0.375. The maximum absolute atomic E-state index is 11.7. The number of nitrogens with two attached hydrogens (primary N) is 1. The lowest BCUT2D eigenvalue weighted by Crippen LogP contribution is -2.30. The van der Waals surface area contributed by atoms with E-state index in [-0.39, 0.29) is 17.9 Å². The van der Waals surface area contributed by atoms with Crippen molar-refractivity contribution >= 4 is 16.9 Å². The van der Waals surface area contributed by atoms with Gasteiger partial charge in [0.2, 0.25) is 0 Å². The second-order valence-electron chi connectivity index (χ2n) is 4.88. The van der Waals surface area contributed by atoms with Crippen molar-refractivity contribution in [3.63, 3.8) is 0 Å². The molecule has 0 aliphatic heterocycles. The molecule has 0 amide bonds. The third-order valence-corrected chi connectivity index (χ3v) is 3.68. The first-order chi connectivity index (χ1) is 9.67. The number of carbonyl (C=O) groups excluding carboxylic acids is 1. The number of para-hydroxylation sites is 1. The van der Waals surface area contributed by atoms with Crippen molar-refractivity contribution in [2.24, 2.45) is 5.73 Å². The zero-order valence-corrected chi connectivity index (χ0v) is 11.9. The third-order valence-electron chi connectivity index (χ3n) is 3.68. The van der Waals surface area contributed by atoms with Crippen LogP contribution in [0.15, 0.2) is 36.5 Å². The average Bonchev–Trinajstić information content (AvgIpc) is 2.51. The lowest BCUT2D eigenvalue weighted by Gasteiger charge is -2.23. The van der Waals surface area contributed by atoms with E-state index in [1.54, 1.807) is 6.20 Å². The van der Waals surface area contributed by atoms with Crippen LogP contribution in [0.2, 0.25) is 0 Å². The highest BCUT2D eigenvalue weighted by atomic mass is 16.5. The van der Waals surface area contributed by atoms with E-state index < -0.39 is 0 Å². The number of ether oxygens (including phenoxy) is 1. The topological polar surface area (TPSA) is 65.2 Å². The lowest BCUT2D eigenvalue weighted by molar-refractivity contribution is -0.141. The monoisotopic (exact) mass is 272 g/mol. The summed E-state index contributed by atoms with van der Waals surface area (Å²) in [4.78, 5) is 16.0. The van der Waals surface area contributed by atoms with E-state index in [1.165, 1.54) is 7.11 Å². The molecule has 0 aliphatic carbocycles. The Kier molecular flexibility index (Phi) is 4.69. The van der Waals surface area contributed by atoms with Crippen LogP contribution in [0.3, 0.4) is 0 Å². The van der Waals surface area contributed by atoms with Gasteiger partial charge in [-0.1, -0.05) is 25.1 Å². The molecule has 2 atom stereocenters. The van der Waals surface area contributed by atoms with Gasteiger partial charge in [0, 0.05) is 23.5 Å². The normalized spacial score (nSPS) is 13.9. The fourth-order valence-corrected chi connectivity index (χ4v) is 2.48. The molecule has 20 heavy (non-hydrogen) atoms. The first-order valence-corrected chi connectivity index (χ1v) is 6.83. The second kappa shape index (κ2) is 6.48. The summed E-state index contributed by atoms with van der Waals surface area (Å²) in [6, 6.07) is 9.77. The van der Waals surface area contributed by atoms with Crippen molar-refractivity contribution in [3.8, 4) is 0 Å². The van der Waals surface area contributed by atoms with Crippen LogP contribution >= 0.6 is 0 Å². The molecule has 0 aliphatic rings. The minimum absolute atomic E-state index is 0.0552. The second-order valence-corrected chi connectivity index (χ2v) is 4.88.